The lowest BCUT2D eigenvalue weighted by atomic mass is 9.84. The van der Waals surface area contributed by atoms with E-state index < -0.39 is 0 Å². The van der Waals surface area contributed by atoms with Crippen LogP contribution in [0.2, 0.25) is 0 Å². The quantitative estimate of drug-likeness (QED) is 0.798. The van der Waals surface area contributed by atoms with Gasteiger partial charge in [0.1, 0.15) is 11.5 Å². The van der Waals surface area contributed by atoms with E-state index in [9.17, 15) is 4.79 Å². The third-order valence-corrected chi connectivity index (χ3v) is 3.85. The zero-order valence-electron chi connectivity index (χ0n) is 12.2. The van der Waals surface area contributed by atoms with Crippen LogP contribution in [-0.4, -0.2) is 20.0 Å². The molecule has 0 aliphatic heterocycles. The molecular weight excluding hydrogens is 264 g/mol. The molecule has 3 heteroatoms. The Morgan fingerprint density at radius 1 is 1.05 bits per heavy atom. The van der Waals surface area contributed by atoms with E-state index in [1.807, 2.05) is 37.8 Å². The number of Topliss-reactive ketones (excluding diaryl/α,β-unsaturated/α-hetero) is 1. The van der Waals surface area contributed by atoms with E-state index >= 15 is 0 Å². The van der Waals surface area contributed by atoms with Crippen LogP contribution in [0.5, 0.6) is 11.5 Å². The van der Waals surface area contributed by atoms with Gasteiger partial charge in [0.15, 0.2) is 5.78 Å². The number of fused-ring (bicyclic) bond motifs is 1. The molecule has 0 aromatic heterocycles. The fourth-order valence-corrected chi connectivity index (χ4v) is 2.75. The van der Waals surface area contributed by atoms with Crippen molar-refractivity contribution < 1.29 is 14.3 Å². The van der Waals surface area contributed by atoms with Crippen LogP contribution in [0.4, 0.5) is 0 Å². The Kier molecular flexibility index (Phi) is 4.00. The van der Waals surface area contributed by atoms with Crippen LogP contribution in [0.1, 0.15) is 22.3 Å². The number of rotatable bonds is 3. The van der Waals surface area contributed by atoms with Crippen LogP contribution in [0.15, 0.2) is 23.8 Å². The van der Waals surface area contributed by atoms with Crippen molar-refractivity contribution >= 4 is 5.78 Å². The summed E-state index contributed by atoms with van der Waals surface area (Å²) in [5.41, 5.74) is 2.50. The Morgan fingerprint density at radius 2 is 1.81 bits per heavy atom. The fraction of sp³-hybridized carbons (Fsp3) is 0.222. The van der Waals surface area contributed by atoms with Gasteiger partial charge in [-0.25, -0.2) is 0 Å². The number of ether oxygens (including phenoxy) is 2. The summed E-state index contributed by atoms with van der Waals surface area (Å²) in [4.78, 5) is 12.7. The van der Waals surface area contributed by atoms with Gasteiger partial charge in [0.2, 0.25) is 0 Å². The molecule has 1 aromatic carbocycles. The minimum atomic E-state index is 0.0645. The summed E-state index contributed by atoms with van der Waals surface area (Å²) in [7, 11) is 3.21. The number of allylic oxidation sites excluding steroid dienone is 2. The molecule has 0 heterocycles. The van der Waals surface area contributed by atoms with Crippen LogP contribution in [0.3, 0.4) is 0 Å². The van der Waals surface area contributed by atoms with Crippen LogP contribution in [0.25, 0.3) is 0 Å². The highest BCUT2D eigenvalue weighted by Gasteiger charge is 2.27. The predicted octanol–water partition coefficient (Wildman–Crippen LogP) is 3.16. The van der Waals surface area contributed by atoms with Crippen molar-refractivity contribution in [2.45, 2.75) is 12.8 Å². The molecule has 2 aliphatic rings. The molecular formula is C18H17O3. The van der Waals surface area contributed by atoms with E-state index in [4.69, 9.17) is 9.47 Å². The van der Waals surface area contributed by atoms with E-state index in [0.29, 0.717) is 11.3 Å². The van der Waals surface area contributed by atoms with Gasteiger partial charge in [0, 0.05) is 23.1 Å². The number of carbonyl (C=O) groups excluding carboxylic acids is 1. The average molecular weight is 281 g/mol. The SMILES string of the molecule is COc1cc(OC)c2c(c1)C(=O)/C(=C/[C]1[CH][CH][CH][CH]1)CC2. The van der Waals surface area contributed by atoms with E-state index in [2.05, 4.69) is 0 Å². The molecule has 3 rings (SSSR count). The number of hydrogen-bond acceptors (Lipinski definition) is 3. The molecule has 0 atom stereocenters. The van der Waals surface area contributed by atoms with Crippen molar-refractivity contribution in [3.8, 4) is 11.5 Å². The molecule has 0 amide bonds. The molecule has 2 aliphatic carbocycles. The average Bonchev–Trinajstić information content (AvgIpc) is 3.02. The second-order valence-corrected chi connectivity index (χ2v) is 5.07. The number of methoxy groups -OCH3 is 2. The molecule has 21 heavy (non-hydrogen) atoms. The van der Waals surface area contributed by atoms with E-state index in [1.165, 1.54) is 0 Å². The minimum Gasteiger partial charge on any atom is -0.497 e. The van der Waals surface area contributed by atoms with Crippen molar-refractivity contribution in [3.63, 3.8) is 0 Å². The Balaban J connectivity index is 1.96. The summed E-state index contributed by atoms with van der Waals surface area (Å²) in [6, 6.07) is 3.64. The first-order valence-corrected chi connectivity index (χ1v) is 6.95. The molecule has 0 N–H and O–H groups in total. The van der Waals surface area contributed by atoms with Crippen molar-refractivity contribution in [2.24, 2.45) is 0 Å². The minimum absolute atomic E-state index is 0.0645. The molecule has 0 unspecified atom stereocenters. The second-order valence-electron chi connectivity index (χ2n) is 5.07. The molecule has 107 valence electrons. The van der Waals surface area contributed by atoms with Crippen LogP contribution in [-0.2, 0) is 6.42 Å². The van der Waals surface area contributed by atoms with Crippen molar-refractivity contribution in [3.05, 3.63) is 66.5 Å². The molecule has 1 aromatic rings. The molecule has 1 saturated carbocycles. The highest BCUT2D eigenvalue weighted by Crippen LogP contribution is 2.37. The maximum Gasteiger partial charge on any atom is 0.189 e. The van der Waals surface area contributed by atoms with Crippen molar-refractivity contribution in [1.82, 2.24) is 0 Å². The number of hydrogen-bond donors (Lipinski definition) is 0. The topological polar surface area (TPSA) is 35.5 Å². The van der Waals surface area contributed by atoms with Crippen LogP contribution in [0, 0.1) is 31.6 Å². The van der Waals surface area contributed by atoms with Gasteiger partial charge in [0.05, 0.1) is 14.2 Å². The molecule has 0 bridgehead atoms. The third kappa shape index (κ3) is 2.69. The van der Waals surface area contributed by atoms with Crippen LogP contribution >= 0.6 is 0 Å². The normalized spacial score (nSPS) is 20.7. The maximum atomic E-state index is 12.7. The molecule has 0 spiro atoms. The lowest BCUT2D eigenvalue weighted by Gasteiger charge is -2.21. The first-order valence-electron chi connectivity index (χ1n) is 6.95. The molecule has 5 radical (unpaired) electrons. The van der Waals surface area contributed by atoms with E-state index in [-0.39, 0.29) is 5.78 Å². The van der Waals surface area contributed by atoms with Gasteiger partial charge < -0.3 is 9.47 Å². The molecule has 0 saturated heterocycles. The maximum absolute atomic E-state index is 12.7. The largest absolute Gasteiger partial charge is 0.497 e. The number of benzene rings is 1. The van der Waals surface area contributed by atoms with Gasteiger partial charge >= 0.3 is 0 Å². The highest BCUT2D eigenvalue weighted by atomic mass is 16.5. The predicted molar refractivity (Wildman–Crippen MR) is 80.7 cm³/mol. The first kappa shape index (κ1) is 14.2. The van der Waals surface area contributed by atoms with Crippen LogP contribution < -0.4 is 9.47 Å². The van der Waals surface area contributed by atoms with Gasteiger partial charge in [-0.3, -0.25) is 4.79 Å². The number of ketones is 1. The van der Waals surface area contributed by atoms with Gasteiger partial charge in [-0.1, -0.05) is 6.08 Å². The molecule has 3 nitrogen and oxygen atoms in total. The summed E-state index contributed by atoms with van der Waals surface area (Å²) in [6.07, 6.45) is 11.5. The third-order valence-electron chi connectivity index (χ3n) is 3.85. The summed E-state index contributed by atoms with van der Waals surface area (Å²) >= 11 is 0. The molecule has 1 fully saturated rings. The summed E-state index contributed by atoms with van der Waals surface area (Å²) in [6.45, 7) is 0. The van der Waals surface area contributed by atoms with Crippen molar-refractivity contribution in [2.75, 3.05) is 14.2 Å². The van der Waals surface area contributed by atoms with E-state index in [0.717, 1.165) is 35.6 Å². The summed E-state index contributed by atoms with van der Waals surface area (Å²) in [5, 5.41) is 0. The van der Waals surface area contributed by atoms with E-state index in [1.54, 1.807) is 20.3 Å². The Labute approximate surface area is 125 Å². The van der Waals surface area contributed by atoms with Gasteiger partial charge in [-0.15, -0.1) is 0 Å². The van der Waals surface area contributed by atoms with Crippen molar-refractivity contribution in [1.29, 1.82) is 0 Å². The Bertz CT molecular complexity index is 580. The Hall–Kier alpha value is -1.77. The summed E-state index contributed by atoms with van der Waals surface area (Å²) < 4.78 is 10.7. The zero-order chi connectivity index (χ0) is 14.8. The highest BCUT2D eigenvalue weighted by molar-refractivity contribution is 6.11. The first-order chi connectivity index (χ1) is 10.2. The fourth-order valence-electron chi connectivity index (χ4n) is 2.75. The monoisotopic (exact) mass is 281 g/mol. The summed E-state index contributed by atoms with van der Waals surface area (Å²) in [5.74, 6) is 2.50. The second kappa shape index (κ2) is 5.92. The van der Waals surface area contributed by atoms with Gasteiger partial charge in [0.25, 0.3) is 0 Å². The van der Waals surface area contributed by atoms with Gasteiger partial charge in [-0.05, 0) is 50.2 Å². The lowest BCUT2D eigenvalue weighted by Crippen LogP contribution is -2.16. The standard InChI is InChI=1S/C18H17O3/c1-20-14-10-16-15(17(11-14)21-2)8-7-13(18(16)19)9-12-5-3-4-6-12/h3-6,9-11H,7-8H2,1-2H3/b13-9+. The van der Waals surface area contributed by atoms with Gasteiger partial charge in [-0.2, -0.15) is 0 Å². The zero-order valence-corrected chi connectivity index (χ0v) is 12.2. The Morgan fingerprint density at radius 3 is 2.48 bits per heavy atom. The smallest absolute Gasteiger partial charge is 0.189 e. The lowest BCUT2D eigenvalue weighted by molar-refractivity contribution is 0.102. The number of carbonyl (C=O) groups is 1.